The SMILES string of the molecule is O=C([C@H]1CCCO1)N1CCc2onc(Nc3cccc(C(F)(F)F)c3)c2C1. The number of alkyl halides is 3. The van der Waals surface area contributed by atoms with E-state index in [0.29, 0.717) is 49.7 Å². The molecule has 0 spiro atoms. The van der Waals surface area contributed by atoms with E-state index in [1.54, 1.807) is 4.90 Å². The third kappa shape index (κ3) is 3.64. The number of ether oxygens (including phenoxy) is 1. The number of carbonyl (C=O) groups excluding carboxylic acids is 1. The van der Waals surface area contributed by atoms with Crippen LogP contribution in [0.1, 0.15) is 29.7 Å². The Morgan fingerprint density at radius 3 is 2.93 bits per heavy atom. The Hall–Kier alpha value is -2.55. The third-order valence-corrected chi connectivity index (χ3v) is 4.80. The monoisotopic (exact) mass is 381 g/mol. The van der Waals surface area contributed by atoms with Crippen molar-refractivity contribution in [1.82, 2.24) is 10.1 Å². The van der Waals surface area contributed by atoms with Crippen LogP contribution in [0.3, 0.4) is 0 Å². The van der Waals surface area contributed by atoms with Gasteiger partial charge < -0.3 is 19.5 Å². The summed E-state index contributed by atoms with van der Waals surface area (Å²) in [4.78, 5) is 14.2. The average Bonchev–Trinajstić information content (AvgIpc) is 3.31. The van der Waals surface area contributed by atoms with Gasteiger partial charge >= 0.3 is 6.18 Å². The molecule has 144 valence electrons. The van der Waals surface area contributed by atoms with Crippen LogP contribution in [0.25, 0.3) is 0 Å². The third-order valence-electron chi connectivity index (χ3n) is 4.80. The summed E-state index contributed by atoms with van der Waals surface area (Å²) in [6, 6.07) is 4.87. The first kappa shape index (κ1) is 17.8. The Morgan fingerprint density at radius 2 is 2.19 bits per heavy atom. The van der Waals surface area contributed by atoms with Crippen LogP contribution >= 0.6 is 0 Å². The van der Waals surface area contributed by atoms with Crippen molar-refractivity contribution in [3.63, 3.8) is 0 Å². The number of aromatic nitrogens is 1. The van der Waals surface area contributed by atoms with Gasteiger partial charge in [0, 0.05) is 25.3 Å². The first-order valence-electron chi connectivity index (χ1n) is 8.74. The van der Waals surface area contributed by atoms with E-state index in [-0.39, 0.29) is 11.6 Å². The average molecular weight is 381 g/mol. The molecule has 1 aromatic heterocycles. The van der Waals surface area contributed by atoms with E-state index >= 15 is 0 Å². The Balaban J connectivity index is 1.52. The van der Waals surface area contributed by atoms with Crippen LogP contribution < -0.4 is 5.32 Å². The molecule has 27 heavy (non-hydrogen) atoms. The smallest absolute Gasteiger partial charge is 0.368 e. The van der Waals surface area contributed by atoms with Gasteiger partial charge in [-0.3, -0.25) is 4.79 Å². The highest BCUT2D eigenvalue weighted by molar-refractivity contribution is 5.81. The standard InChI is InChI=1S/C18H18F3N3O3/c19-18(20,21)11-3-1-4-12(9-11)22-16-13-10-24(7-6-14(13)27-23-16)17(25)15-5-2-8-26-15/h1,3-4,9,15H,2,5-8,10H2,(H,22,23)/t15-/m1/s1. The van der Waals surface area contributed by atoms with Crippen molar-refractivity contribution < 1.29 is 27.2 Å². The molecule has 2 aliphatic rings. The largest absolute Gasteiger partial charge is 0.416 e. The van der Waals surface area contributed by atoms with E-state index in [9.17, 15) is 18.0 Å². The van der Waals surface area contributed by atoms with Gasteiger partial charge in [0.1, 0.15) is 11.9 Å². The Morgan fingerprint density at radius 1 is 1.33 bits per heavy atom. The molecule has 1 N–H and O–H groups in total. The zero-order valence-electron chi connectivity index (χ0n) is 14.4. The second kappa shape index (κ2) is 6.88. The van der Waals surface area contributed by atoms with E-state index in [1.807, 2.05) is 0 Å². The number of halogens is 3. The molecule has 1 fully saturated rings. The van der Waals surface area contributed by atoms with Crippen molar-refractivity contribution in [3.05, 3.63) is 41.2 Å². The molecule has 3 heterocycles. The number of amides is 1. The topological polar surface area (TPSA) is 67.6 Å². The fraction of sp³-hybridized carbons (Fsp3) is 0.444. The Labute approximate surface area is 153 Å². The highest BCUT2D eigenvalue weighted by atomic mass is 19.4. The van der Waals surface area contributed by atoms with E-state index in [0.717, 1.165) is 18.6 Å². The van der Waals surface area contributed by atoms with Gasteiger partial charge in [0.25, 0.3) is 5.91 Å². The number of nitrogens with one attached hydrogen (secondary N) is 1. The van der Waals surface area contributed by atoms with Crippen molar-refractivity contribution in [2.45, 2.75) is 38.1 Å². The maximum Gasteiger partial charge on any atom is 0.416 e. The van der Waals surface area contributed by atoms with Gasteiger partial charge in [-0.25, -0.2) is 0 Å². The number of fused-ring (bicyclic) bond motifs is 1. The van der Waals surface area contributed by atoms with E-state index in [2.05, 4.69) is 10.5 Å². The Kier molecular flexibility index (Phi) is 4.55. The first-order valence-corrected chi connectivity index (χ1v) is 8.74. The number of rotatable bonds is 3. The minimum Gasteiger partial charge on any atom is -0.368 e. The zero-order chi connectivity index (χ0) is 19.0. The summed E-state index contributed by atoms with van der Waals surface area (Å²) in [7, 11) is 0. The highest BCUT2D eigenvalue weighted by Crippen LogP contribution is 2.33. The van der Waals surface area contributed by atoms with Crippen molar-refractivity contribution in [1.29, 1.82) is 0 Å². The molecule has 4 rings (SSSR count). The molecule has 0 bridgehead atoms. The quantitative estimate of drug-likeness (QED) is 0.882. The number of hydrogen-bond acceptors (Lipinski definition) is 5. The van der Waals surface area contributed by atoms with Gasteiger partial charge in [0.2, 0.25) is 0 Å². The van der Waals surface area contributed by atoms with Gasteiger partial charge in [0.05, 0.1) is 17.7 Å². The van der Waals surface area contributed by atoms with Crippen LogP contribution in [0.4, 0.5) is 24.7 Å². The molecule has 1 saturated heterocycles. The fourth-order valence-electron chi connectivity index (χ4n) is 3.38. The van der Waals surface area contributed by atoms with Crippen LogP contribution in [0.15, 0.2) is 28.8 Å². The van der Waals surface area contributed by atoms with Gasteiger partial charge in [0.15, 0.2) is 5.82 Å². The number of nitrogens with zero attached hydrogens (tertiary/aromatic N) is 2. The summed E-state index contributed by atoms with van der Waals surface area (Å²) in [6.07, 6.45) is -2.76. The highest BCUT2D eigenvalue weighted by Gasteiger charge is 2.33. The van der Waals surface area contributed by atoms with E-state index in [1.165, 1.54) is 12.1 Å². The molecule has 1 atom stereocenters. The molecule has 9 heteroatoms. The lowest BCUT2D eigenvalue weighted by Gasteiger charge is -2.28. The molecule has 0 unspecified atom stereocenters. The molecule has 0 aliphatic carbocycles. The second-order valence-electron chi connectivity index (χ2n) is 6.65. The number of anilines is 2. The molecule has 6 nitrogen and oxygen atoms in total. The summed E-state index contributed by atoms with van der Waals surface area (Å²) in [6.45, 7) is 1.38. The number of benzene rings is 1. The molecule has 0 radical (unpaired) electrons. The van der Waals surface area contributed by atoms with Gasteiger partial charge in [-0.15, -0.1) is 0 Å². The molecular weight excluding hydrogens is 363 g/mol. The molecule has 1 aromatic carbocycles. The lowest BCUT2D eigenvalue weighted by molar-refractivity contribution is -0.142. The molecule has 2 aromatic rings. The minimum absolute atomic E-state index is 0.0654. The fourth-order valence-corrected chi connectivity index (χ4v) is 3.38. The zero-order valence-corrected chi connectivity index (χ0v) is 14.4. The van der Waals surface area contributed by atoms with Crippen LogP contribution in [0, 0.1) is 0 Å². The van der Waals surface area contributed by atoms with Crippen molar-refractivity contribution in [2.75, 3.05) is 18.5 Å². The van der Waals surface area contributed by atoms with Crippen molar-refractivity contribution in [2.24, 2.45) is 0 Å². The predicted octanol–water partition coefficient (Wildman–Crippen LogP) is 3.50. The summed E-state index contributed by atoms with van der Waals surface area (Å²) in [5.41, 5.74) is 0.188. The van der Waals surface area contributed by atoms with E-state index in [4.69, 9.17) is 9.26 Å². The van der Waals surface area contributed by atoms with E-state index < -0.39 is 17.8 Å². The van der Waals surface area contributed by atoms with Crippen LogP contribution in [0.5, 0.6) is 0 Å². The summed E-state index contributed by atoms with van der Waals surface area (Å²) in [5, 5.41) is 6.82. The lowest BCUT2D eigenvalue weighted by atomic mass is 10.1. The molecule has 0 saturated carbocycles. The molecular formula is C18H18F3N3O3. The lowest BCUT2D eigenvalue weighted by Crippen LogP contribution is -2.41. The maximum absolute atomic E-state index is 12.9. The number of carbonyl (C=O) groups is 1. The normalized spacial score (nSPS) is 19.8. The van der Waals surface area contributed by atoms with Crippen LogP contribution in [-0.2, 0) is 28.7 Å². The summed E-state index contributed by atoms with van der Waals surface area (Å²) >= 11 is 0. The van der Waals surface area contributed by atoms with Crippen LogP contribution in [-0.4, -0.2) is 35.2 Å². The Bertz CT molecular complexity index is 844. The van der Waals surface area contributed by atoms with Gasteiger partial charge in [-0.1, -0.05) is 11.2 Å². The second-order valence-corrected chi connectivity index (χ2v) is 6.65. The summed E-state index contributed by atoms with van der Waals surface area (Å²) in [5.74, 6) is 0.902. The summed E-state index contributed by atoms with van der Waals surface area (Å²) < 4.78 is 49.4. The minimum atomic E-state index is -4.43. The first-order chi connectivity index (χ1) is 12.9. The molecule has 1 amide bonds. The molecule has 2 aliphatic heterocycles. The van der Waals surface area contributed by atoms with Crippen molar-refractivity contribution >= 4 is 17.4 Å². The van der Waals surface area contributed by atoms with Gasteiger partial charge in [-0.05, 0) is 31.0 Å². The maximum atomic E-state index is 12.9. The van der Waals surface area contributed by atoms with Gasteiger partial charge in [-0.2, -0.15) is 13.2 Å². The predicted molar refractivity (Wildman–Crippen MR) is 89.3 cm³/mol. The van der Waals surface area contributed by atoms with Crippen LogP contribution in [0.2, 0.25) is 0 Å². The number of hydrogen-bond donors (Lipinski definition) is 1. The van der Waals surface area contributed by atoms with Crippen molar-refractivity contribution in [3.8, 4) is 0 Å².